The summed E-state index contributed by atoms with van der Waals surface area (Å²) in [6.45, 7) is 6.33. The van der Waals surface area contributed by atoms with E-state index in [1.54, 1.807) is 30.7 Å². The fourth-order valence-corrected chi connectivity index (χ4v) is 4.53. The Labute approximate surface area is 195 Å². The Morgan fingerprint density at radius 3 is 2.76 bits per heavy atom. The summed E-state index contributed by atoms with van der Waals surface area (Å²) < 4.78 is 20.4. The third kappa shape index (κ3) is 4.84. The third-order valence-corrected chi connectivity index (χ3v) is 6.26. The predicted octanol–water partition coefficient (Wildman–Crippen LogP) is 4.53. The van der Waals surface area contributed by atoms with Gasteiger partial charge in [-0.25, -0.2) is 14.4 Å². The summed E-state index contributed by atoms with van der Waals surface area (Å²) in [7, 11) is 1.55. The molecule has 170 valence electrons. The second kappa shape index (κ2) is 9.60. The van der Waals surface area contributed by atoms with Crippen LogP contribution < -0.4 is 5.32 Å². The van der Waals surface area contributed by atoms with E-state index in [2.05, 4.69) is 40.3 Å². The molecule has 0 radical (unpaired) electrons. The minimum Gasteiger partial charge on any atom is -0.378 e. The summed E-state index contributed by atoms with van der Waals surface area (Å²) in [4.78, 5) is 24.4. The number of carbonyl (C=O) groups is 1. The van der Waals surface area contributed by atoms with Gasteiger partial charge in [-0.05, 0) is 56.2 Å². The van der Waals surface area contributed by atoms with Crippen molar-refractivity contribution in [2.75, 3.05) is 7.11 Å². The number of thiophene rings is 1. The summed E-state index contributed by atoms with van der Waals surface area (Å²) in [5, 5.41) is 7.21. The Morgan fingerprint density at radius 2 is 2.03 bits per heavy atom. The zero-order valence-electron chi connectivity index (χ0n) is 18.8. The smallest absolute Gasteiger partial charge is 0.255 e. The minimum absolute atomic E-state index is 0.145. The highest BCUT2D eigenvalue weighted by molar-refractivity contribution is 7.12. The summed E-state index contributed by atoms with van der Waals surface area (Å²) in [5.41, 5.74) is 4.32. The van der Waals surface area contributed by atoms with Crippen molar-refractivity contribution in [3.8, 4) is 17.2 Å². The van der Waals surface area contributed by atoms with E-state index in [1.807, 2.05) is 13.0 Å². The number of benzene rings is 1. The Kier molecular flexibility index (Phi) is 6.62. The SMILES string of the molecule is COCc1c(C(=O)NCc2cc(F)ccc2C)cnn1-c1nccc(-c2cc(C)sc2C)n1. The molecule has 0 fully saturated rings. The molecule has 3 aromatic heterocycles. The Balaban J connectivity index is 1.63. The second-order valence-electron chi connectivity index (χ2n) is 7.67. The number of rotatable bonds is 7. The number of nitrogens with one attached hydrogen (secondary N) is 1. The van der Waals surface area contributed by atoms with Crippen LogP contribution in [0.1, 0.15) is 36.9 Å². The number of carbonyl (C=O) groups excluding carboxylic acids is 1. The molecule has 4 rings (SSSR count). The largest absolute Gasteiger partial charge is 0.378 e. The van der Waals surface area contributed by atoms with Crippen molar-refractivity contribution in [2.45, 2.75) is 33.9 Å². The normalized spacial score (nSPS) is 11.1. The van der Waals surface area contributed by atoms with Gasteiger partial charge in [0.05, 0.1) is 29.8 Å². The highest BCUT2D eigenvalue weighted by Gasteiger charge is 2.20. The van der Waals surface area contributed by atoms with Gasteiger partial charge in [0, 0.05) is 35.2 Å². The monoisotopic (exact) mass is 465 g/mol. The number of nitrogens with zero attached hydrogens (tertiary/aromatic N) is 4. The van der Waals surface area contributed by atoms with Crippen molar-refractivity contribution >= 4 is 17.2 Å². The summed E-state index contributed by atoms with van der Waals surface area (Å²) in [6.07, 6.45) is 3.15. The topological polar surface area (TPSA) is 81.9 Å². The van der Waals surface area contributed by atoms with Gasteiger partial charge in [-0.15, -0.1) is 11.3 Å². The molecule has 4 aromatic rings. The molecule has 7 nitrogen and oxygen atoms in total. The van der Waals surface area contributed by atoms with Gasteiger partial charge in [-0.3, -0.25) is 4.79 Å². The van der Waals surface area contributed by atoms with E-state index in [-0.39, 0.29) is 24.9 Å². The van der Waals surface area contributed by atoms with Crippen LogP contribution in [0.4, 0.5) is 4.39 Å². The second-order valence-corrected chi connectivity index (χ2v) is 9.13. The van der Waals surface area contributed by atoms with Crippen LogP contribution in [0.15, 0.2) is 42.7 Å². The zero-order valence-corrected chi connectivity index (χ0v) is 19.7. The number of amides is 1. The molecule has 0 aliphatic heterocycles. The van der Waals surface area contributed by atoms with Crippen LogP contribution >= 0.6 is 11.3 Å². The van der Waals surface area contributed by atoms with Crippen LogP contribution in [0.25, 0.3) is 17.2 Å². The average molecular weight is 466 g/mol. The van der Waals surface area contributed by atoms with Gasteiger partial charge in [0.15, 0.2) is 0 Å². The molecule has 9 heteroatoms. The maximum absolute atomic E-state index is 13.6. The van der Waals surface area contributed by atoms with Crippen molar-refractivity contribution in [2.24, 2.45) is 0 Å². The Morgan fingerprint density at radius 1 is 1.21 bits per heavy atom. The molecule has 3 heterocycles. The summed E-state index contributed by atoms with van der Waals surface area (Å²) in [6, 6.07) is 8.45. The molecule has 1 amide bonds. The average Bonchev–Trinajstić information content (AvgIpc) is 3.37. The van der Waals surface area contributed by atoms with Gasteiger partial charge in [0.25, 0.3) is 11.9 Å². The molecule has 0 aliphatic carbocycles. The minimum atomic E-state index is -0.342. The van der Waals surface area contributed by atoms with E-state index in [0.717, 1.165) is 16.8 Å². The summed E-state index contributed by atoms with van der Waals surface area (Å²) >= 11 is 1.71. The van der Waals surface area contributed by atoms with Crippen molar-refractivity contribution in [3.63, 3.8) is 0 Å². The van der Waals surface area contributed by atoms with Crippen LogP contribution in [0.2, 0.25) is 0 Å². The molecule has 0 bridgehead atoms. The molecular formula is C24H24FN5O2S. The standard InChI is InChI=1S/C24H24FN5O2S/c1-14-5-6-18(25)10-17(14)11-27-23(31)20-12-28-30(22(20)13-32-4)24-26-8-7-21(29-24)19-9-15(2)33-16(19)3/h5-10,12H,11,13H2,1-4H3,(H,27,31). The highest BCUT2D eigenvalue weighted by atomic mass is 32.1. The van der Waals surface area contributed by atoms with Gasteiger partial charge in [-0.1, -0.05) is 6.07 Å². The van der Waals surface area contributed by atoms with Crippen LogP contribution in [-0.2, 0) is 17.9 Å². The maximum atomic E-state index is 13.6. The van der Waals surface area contributed by atoms with E-state index in [1.165, 1.54) is 32.8 Å². The Hall–Kier alpha value is -3.43. The number of methoxy groups -OCH3 is 1. The van der Waals surface area contributed by atoms with Gasteiger partial charge in [0.2, 0.25) is 0 Å². The van der Waals surface area contributed by atoms with Crippen molar-refractivity contribution in [1.29, 1.82) is 0 Å². The molecule has 0 saturated heterocycles. The first kappa shape index (κ1) is 22.8. The number of aromatic nitrogens is 4. The zero-order chi connectivity index (χ0) is 23.5. The lowest BCUT2D eigenvalue weighted by molar-refractivity contribution is 0.0945. The van der Waals surface area contributed by atoms with Crippen LogP contribution in [0.3, 0.4) is 0 Å². The van der Waals surface area contributed by atoms with Gasteiger partial charge < -0.3 is 10.1 Å². The number of hydrogen-bond donors (Lipinski definition) is 1. The first-order chi connectivity index (χ1) is 15.9. The van der Waals surface area contributed by atoms with Crippen molar-refractivity contribution in [3.05, 3.63) is 80.7 Å². The molecule has 33 heavy (non-hydrogen) atoms. The van der Waals surface area contributed by atoms with Gasteiger partial charge in [0.1, 0.15) is 5.82 Å². The predicted molar refractivity (Wildman–Crippen MR) is 125 cm³/mol. The Bertz CT molecular complexity index is 1310. The van der Waals surface area contributed by atoms with E-state index >= 15 is 0 Å². The lowest BCUT2D eigenvalue weighted by Crippen LogP contribution is -2.24. The highest BCUT2D eigenvalue weighted by Crippen LogP contribution is 2.29. The third-order valence-electron chi connectivity index (χ3n) is 5.29. The molecular weight excluding hydrogens is 441 g/mol. The van der Waals surface area contributed by atoms with Gasteiger partial charge in [-0.2, -0.15) is 9.78 Å². The molecule has 0 saturated carbocycles. The van der Waals surface area contributed by atoms with E-state index < -0.39 is 0 Å². The van der Waals surface area contributed by atoms with Crippen LogP contribution in [0, 0.1) is 26.6 Å². The fourth-order valence-electron chi connectivity index (χ4n) is 3.60. The van der Waals surface area contributed by atoms with E-state index in [9.17, 15) is 9.18 Å². The van der Waals surface area contributed by atoms with Gasteiger partial charge >= 0.3 is 0 Å². The fraction of sp³-hybridized carbons (Fsp3) is 0.250. The quantitative estimate of drug-likeness (QED) is 0.434. The van der Waals surface area contributed by atoms with E-state index in [4.69, 9.17) is 4.74 Å². The maximum Gasteiger partial charge on any atom is 0.255 e. The number of aryl methyl sites for hydroxylation is 3. The van der Waals surface area contributed by atoms with Crippen molar-refractivity contribution in [1.82, 2.24) is 25.1 Å². The molecule has 1 aromatic carbocycles. The van der Waals surface area contributed by atoms with Crippen LogP contribution in [-0.4, -0.2) is 32.8 Å². The molecule has 0 spiro atoms. The number of hydrogen-bond acceptors (Lipinski definition) is 6. The first-order valence-corrected chi connectivity index (χ1v) is 11.2. The molecule has 0 unspecified atom stereocenters. The van der Waals surface area contributed by atoms with Crippen LogP contribution in [0.5, 0.6) is 0 Å². The van der Waals surface area contributed by atoms with E-state index in [0.29, 0.717) is 22.8 Å². The number of ether oxygens (including phenoxy) is 1. The molecule has 1 N–H and O–H groups in total. The molecule has 0 atom stereocenters. The first-order valence-electron chi connectivity index (χ1n) is 10.4. The lowest BCUT2D eigenvalue weighted by Gasteiger charge is -2.10. The van der Waals surface area contributed by atoms with Crippen molar-refractivity contribution < 1.29 is 13.9 Å². The molecule has 0 aliphatic rings. The number of halogens is 1. The summed E-state index contributed by atoms with van der Waals surface area (Å²) in [5.74, 6) is -0.328. The lowest BCUT2D eigenvalue weighted by atomic mass is 10.1.